The number of rotatable bonds is 3. The Morgan fingerprint density at radius 1 is 1.19 bits per heavy atom. The fraction of sp³-hybridized carbons (Fsp3) is 0.167. The van der Waals surface area contributed by atoms with Gasteiger partial charge in [0.15, 0.2) is 0 Å². The van der Waals surface area contributed by atoms with E-state index in [-0.39, 0.29) is 23.6 Å². The van der Waals surface area contributed by atoms with Crippen molar-refractivity contribution in [3.63, 3.8) is 0 Å². The smallest absolute Gasteiger partial charge is 0.417 e. The van der Waals surface area contributed by atoms with Crippen molar-refractivity contribution in [2.75, 3.05) is 5.32 Å². The Kier molecular flexibility index (Phi) is 4.58. The van der Waals surface area contributed by atoms with Crippen LogP contribution in [0.3, 0.4) is 0 Å². The summed E-state index contributed by atoms with van der Waals surface area (Å²) in [5.41, 5.74) is -0.0363. The van der Waals surface area contributed by atoms with Crippen molar-refractivity contribution in [1.82, 2.24) is 0 Å². The summed E-state index contributed by atoms with van der Waals surface area (Å²) in [5.74, 6) is 0.0263. The fourth-order valence-corrected chi connectivity index (χ4v) is 2.78. The summed E-state index contributed by atoms with van der Waals surface area (Å²) in [6.45, 7) is 1.72. The number of phenols is 1. The van der Waals surface area contributed by atoms with E-state index in [4.69, 9.17) is 16.0 Å². The van der Waals surface area contributed by atoms with Crippen LogP contribution in [0.4, 0.5) is 18.9 Å². The molecule has 3 aromatic rings. The lowest BCUT2D eigenvalue weighted by molar-refractivity contribution is -0.137. The van der Waals surface area contributed by atoms with Crippen LogP contribution in [-0.2, 0) is 12.7 Å². The summed E-state index contributed by atoms with van der Waals surface area (Å²) in [6.07, 6.45) is -4.57. The van der Waals surface area contributed by atoms with Gasteiger partial charge < -0.3 is 14.8 Å². The highest BCUT2D eigenvalue weighted by atomic mass is 35.5. The van der Waals surface area contributed by atoms with Gasteiger partial charge in [-0.3, -0.25) is 0 Å². The second kappa shape index (κ2) is 6.57. The van der Waals surface area contributed by atoms with Crippen LogP contribution < -0.4 is 10.9 Å². The van der Waals surface area contributed by atoms with Crippen LogP contribution in [-0.4, -0.2) is 5.11 Å². The predicted octanol–water partition coefficient (Wildman–Crippen LogP) is 5.09. The molecule has 2 N–H and O–H groups in total. The van der Waals surface area contributed by atoms with Crippen LogP contribution in [0.1, 0.15) is 16.7 Å². The van der Waals surface area contributed by atoms with Crippen LogP contribution in [0, 0.1) is 6.92 Å². The number of phenolic OH excluding ortho intramolecular Hbond substituents is 1. The van der Waals surface area contributed by atoms with E-state index in [2.05, 4.69) is 5.32 Å². The first-order valence-electron chi connectivity index (χ1n) is 7.52. The normalized spacial score (nSPS) is 11.7. The molecule has 2 aromatic carbocycles. The first-order valence-corrected chi connectivity index (χ1v) is 7.90. The van der Waals surface area contributed by atoms with Gasteiger partial charge >= 0.3 is 11.8 Å². The fourth-order valence-electron chi connectivity index (χ4n) is 2.56. The monoisotopic (exact) mass is 383 g/mol. The Hall–Kier alpha value is -2.67. The van der Waals surface area contributed by atoms with Gasteiger partial charge in [0, 0.05) is 23.7 Å². The van der Waals surface area contributed by atoms with Crippen molar-refractivity contribution in [3.05, 3.63) is 68.5 Å². The van der Waals surface area contributed by atoms with Crippen LogP contribution in [0.15, 0.2) is 45.6 Å². The maximum absolute atomic E-state index is 12.9. The van der Waals surface area contributed by atoms with Crippen LogP contribution in [0.25, 0.3) is 11.0 Å². The molecule has 0 amide bonds. The minimum absolute atomic E-state index is 0.0263. The topological polar surface area (TPSA) is 62.5 Å². The number of hydrogen-bond acceptors (Lipinski definition) is 4. The summed E-state index contributed by atoms with van der Waals surface area (Å²) >= 11 is 5.60. The zero-order chi connectivity index (χ0) is 19.1. The minimum atomic E-state index is -4.57. The Labute approximate surface area is 150 Å². The molecule has 1 aromatic heterocycles. The summed E-state index contributed by atoms with van der Waals surface area (Å²) in [7, 11) is 0. The quantitative estimate of drug-likeness (QED) is 0.618. The number of nitrogens with one attached hydrogen (secondary N) is 1. The molecule has 1 heterocycles. The van der Waals surface area contributed by atoms with Gasteiger partial charge in [0.25, 0.3) is 0 Å². The highest BCUT2D eigenvalue weighted by Crippen LogP contribution is 2.36. The molecule has 0 fully saturated rings. The lowest BCUT2D eigenvalue weighted by atomic mass is 10.1. The Morgan fingerprint density at radius 2 is 1.92 bits per heavy atom. The molecule has 0 spiro atoms. The van der Waals surface area contributed by atoms with Gasteiger partial charge in [0.1, 0.15) is 11.3 Å². The van der Waals surface area contributed by atoms with Crippen LogP contribution in [0.2, 0.25) is 5.02 Å². The van der Waals surface area contributed by atoms with Gasteiger partial charge in [-0.1, -0.05) is 11.6 Å². The number of halogens is 4. The van der Waals surface area contributed by atoms with E-state index < -0.39 is 22.4 Å². The van der Waals surface area contributed by atoms with Crippen LogP contribution >= 0.6 is 11.6 Å². The Bertz CT molecular complexity index is 1040. The SMILES string of the molecule is Cc1cc2oc(=O)cc(CNc3ccc(Cl)c(C(F)(F)F)c3)c2cc1O. The third-order valence-corrected chi connectivity index (χ3v) is 4.23. The highest BCUT2D eigenvalue weighted by molar-refractivity contribution is 6.31. The third kappa shape index (κ3) is 3.62. The molecular formula is C18H13ClF3NO3. The predicted molar refractivity (Wildman–Crippen MR) is 92.7 cm³/mol. The molecule has 8 heteroatoms. The number of fused-ring (bicyclic) bond motifs is 1. The average molecular weight is 384 g/mol. The molecule has 26 heavy (non-hydrogen) atoms. The first kappa shape index (κ1) is 18.1. The van der Waals surface area contributed by atoms with E-state index >= 15 is 0 Å². The maximum atomic E-state index is 12.9. The molecule has 0 aliphatic rings. The Morgan fingerprint density at radius 3 is 2.62 bits per heavy atom. The highest BCUT2D eigenvalue weighted by Gasteiger charge is 2.33. The molecule has 136 valence electrons. The number of aromatic hydroxyl groups is 1. The molecule has 0 aliphatic heterocycles. The maximum Gasteiger partial charge on any atom is 0.417 e. The van der Waals surface area contributed by atoms with E-state index in [0.717, 1.165) is 12.1 Å². The number of benzene rings is 2. The second-order valence-electron chi connectivity index (χ2n) is 5.77. The molecule has 3 rings (SSSR count). The van der Waals surface area contributed by atoms with E-state index in [9.17, 15) is 23.1 Å². The van der Waals surface area contributed by atoms with Crippen molar-refractivity contribution in [1.29, 1.82) is 0 Å². The molecule has 0 saturated carbocycles. The molecule has 0 bridgehead atoms. The lowest BCUT2D eigenvalue weighted by Gasteiger charge is -2.13. The molecule has 4 nitrogen and oxygen atoms in total. The zero-order valence-corrected chi connectivity index (χ0v) is 14.2. The van der Waals surface area contributed by atoms with Gasteiger partial charge in [-0.2, -0.15) is 13.2 Å². The Balaban J connectivity index is 1.96. The summed E-state index contributed by atoms with van der Waals surface area (Å²) < 4.78 is 43.9. The standard InChI is InChI=1S/C18H13ClF3NO3/c1-9-4-16-12(7-15(9)24)10(5-17(25)26-16)8-23-11-2-3-14(19)13(6-11)18(20,21)22/h2-7,23-24H,8H2,1H3. The van der Waals surface area contributed by atoms with Crippen molar-refractivity contribution in [2.45, 2.75) is 19.6 Å². The molecular weight excluding hydrogens is 371 g/mol. The lowest BCUT2D eigenvalue weighted by Crippen LogP contribution is -2.09. The first-order chi connectivity index (χ1) is 12.1. The van der Waals surface area contributed by atoms with Crippen molar-refractivity contribution in [2.24, 2.45) is 0 Å². The van der Waals surface area contributed by atoms with Gasteiger partial charge in [-0.05, 0) is 48.4 Å². The zero-order valence-electron chi connectivity index (χ0n) is 13.4. The van der Waals surface area contributed by atoms with Gasteiger partial charge in [0.2, 0.25) is 0 Å². The van der Waals surface area contributed by atoms with Crippen molar-refractivity contribution >= 4 is 28.3 Å². The van der Waals surface area contributed by atoms with E-state index in [0.29, 0.717) is 16.5 Å². The number of aryl methyl sites for hydroxylation is 1. The molecule has 0 unspecified atom stereocenters. The van der Waals surface area contributed by atoms with E-state index in [1.165, 1.54) is 24.3 Å². The second-order valence-corrected chi connectivity index (χ2v) is 6.18. The van der Waals surface area contributed by atoms with Gasteiger partial charge in [-0.25, -0.2) is 4.79 Å². The molecule has 0 aliphatic carbocycles. The van der Waals surface area contributed by atoms with E-state index in [1.807, 2.05) is 0 Å². The number of anilines is 1. The molecule has 0 radical (unpaired) electrons. The van der Waals surface area contributed by atoms with Gasteiger partial charge in [-0.15, -0.1) is 0 Å². The van der Waals surface area contributed by atoms with E-state index in [1.54, 1.807) is 6.92 Å². The summed E-state index contributed by atoms with van der Waals surface area (Å²) in [6, 6.07) is 7.67. The molecule has 0 atom stereocenters. The third-order valence-electron chi connectivity index (χ3n) is 3.90. The van der Waals surface area contributed by atoms with Gasteiger partial charge in [0.05, 0.1) is 10.6 Å². The van der Waals surface area contributed by atoms with Crippen molar-refractivity contribution in [3.8, 4) is 5.75 Å². The van der Waals surface area contributed by atoms with Crippen LogP contribution in [0.5, 0.6) is 5.75 Å². The minimum Gasteiger partial charge on any atom is -0.508 e. The van der Waals surface area contributed by atoms with Crippen molar-refractivity contribution < 1.29 is 22.7 Å². The largest absolute Gasteiger partial charge is 0.508 e. The average Bonchev–Trinajstić information content (AvgIpc) is 2.54. The molecule has 0 saturated heterocycles. The summed E-state index contributed by atoms with van der Waals surface area (Å²) in [4.78, 5) is 11.7. The number of hydrogen-bond donors (Lipinski definition) is 2. The number of alkyl halides is 3. The summed E-state index contributed by atoms with van der Waals surface area (Å²) in [5, 5.41) is 12.8.